The van der Waals surface area contributed by atoms with E-state index in [0.29, 0.717) is 12.1 Å². The van der Waals surface area contributed by atoms with E-state index in [4.69, 9.17) is 4.74 Å². The van der Waals surface area contributed by atoms with Gasteiger partial charge in [-0.3, -0.25) is 9.59 Å². The van der Waals surface area contributed by atoms with E-state index in [9.17, 15) is 9.59 Å². The number of amides is 2. The summed E-state index contributed by atoms with van der Waals surface area (Å²) in [7, 11) is 0. The highest BCUT2D eigenvalue weighted by atomic mass is 16.5. The fourth-order valence-corrected chi connectivity index (χ4v) is 6.85. The number of carbonyl (C=O) groups is 2. The Balaban J connectivity index is 1.16. The first-order chi connectivity index (χ1) is 15.1. The first kappa shape index (κ1) is 18.9. The van der Waals surface area contributed by atoms with Crippen LogP contribution >= 0.6 is 0 Å². The third-order valence-electron chi connectivity index (χ3n) is 7.78. The van der Waals surface area contributed by atoms with Crippen molar-refractivity contribution in [1.29, 1.82) is 0 Å². The van der Waals surface area contributed by atoms with Crippen LogP contribution in [0.15, 0.2) is 48.5 Å². The molecule has 160 valence electrons. The third-order valence-corrected chi connectivity index (χ3v) is 7.78. The van der Waals surface area contributed by atoms with E-state index in [0.717, 1.165) is 54.0 Å². The van der Waals surface area contributed by atoms with Crippen LogP contribution in [0.1, 0.15) is 54.4 Å². The molecule has 2 amide bonds. The van der Waals surface area contributed by atoms with Crippen molar-refractivity contribution < 1.29 is 14.3 Å². The second kappa shape index (κ2) is 7.11. The monoisotopic (exact) mass is 416 g/mol. The van der Waals surface area contributed by atoms with Gasteiger partial charge in [-0.05, 0) is 86.1 Å². The largest absolute Gasteiger partial charge is 0.482 e. The molecule has 4 fully saturated rings. The van der Waals surface area contributed by atoms with E-state index >= 15 is 0 Å². The number of hydrogen-bond donors (Lipinski definition) is 1. The van der Waals surface area contributed by atoms with Crippen molar-refractivity contribution >= 4 is 17.5 Å². The van der Waals surface area contributed by atoms with E-state index in [1.807, 2.05) is 48.5 Å². The quantitative estimate of drug-likeness (QED) is 0.808. The molecule has 1 heterocycles. The molecular weight excluding hydrogens is 388 g/mol. The molecule has 4 aliphatic carbocycles. The topological polar surface area (TPSA) is 58.6 Å². The number of benzene rings is 2. The number of fused-ring (bicyclic) bond motifs is 1. The van der Waals surface area contributed by atoms with Gasteiger partial charge in [0, 0.05) is 11.1 Å². The SMILES string of the molecule is O=C(NC12CC3CC(CC(C3)C1)C2)c1ccc(CN2C(=O)COc3ccccc32)cc1. The van der Waals surface area contributed by atoms with Crippen molar-refractivity contribution in [3.63, 3.8) is 0 Å². The fraction of sp³-hybridized carbons (Fsp3) is 0.462. The Kier molecular flexibility index (Phi) is 4.34. The minimum absolute atomic E-state index is 0.0223. The molecule has 5 nitrogen and oxygen atoms in total. The van der Waals surface area contributed by atoms with E-state index in [1.165, 1.54) is 19.3 Å². The van der Waals surface area contributed by atoms with Crippen molar-refractivity contribution in [2.45, 2.75) is 50.6 Å². The average molecular weight is 417 g/mol. The van der Waals surface area contributed by atoms with Crippen LogP contribution in [0.4, 0.5) is 5.69 Å². The van der Waals surface area contributed by atoms with Gasteiger partial charge in [0.25, 0.3) is 11.8 Å². The summed E-state index contributed by atoms with van der Waals surface area (Å²) in [5.74, 6) is 3.14. The standard InChI is InChI=1S/C26H28N2O3/c29-24-16-31-23-4-2-1-3-22(23)28(24)15-17-5-7-21(8-6-17)25(30)27-26-12-18-9-19(13-26)11-20(10-18)14-26/h1-8,18-20H,9-16H2,(H,27,30). The molecule has 4 bridgehead atoms. The van der Waals surface area contributed by atoms with Crippen molar-refractivity contribution in [2.75, 3.05) is 11.5 Å². The van der Waals surface area contributed by atoms with Crippen molar-refractivity contribution in [3.05, 3.63) is 59.7 Å². The van der Waals surface area contributed by atoms with Gasteiger partial charge >= 0.3 is 0 Å². The molecule has 0 aromatic heterocycles. The molecule has 5 heteroatoms. The predicted molar refractivity (Wildman–Crippen MR) is 118 cm³/mol. The van der Waals surface area contributed by atoms with Gasteiger partial charge in [-0.25, -0.2) is 0 Å². The molecule has 4 saturated carbocycles. The summed E-state index contributed by atoms with van der Waals surface area (Å²) in [4.78, 5) is 27.2. The molecule has 5 aliphatic rings. The van der Waals surface area contributed by atoms with Crippen LogP contribution in [-0.4, -0.2) is 24.0 Å². The molecule has 1 N–H and O–H groups in total. The minimum Gasteiger partial charge on any atom is -0.482 e. The lowest BCUT2D eigenvalue weighted by atomic mass is 9.53. The molecule has 0 unspecified atom stereocenters. The first-order valence-corrected chi connectivity index (χ1v) is 11.5. The molecule has 0 atom stereocenters. The maximum absolute atomic E-state index is 13.1. The summed E-state index contributed by atoms with van der Waals surface area (Å²) in [5.41, 5.74) is 2.51. The second-order valence-electron chi connectivity index (χ2n) is 10.1. The normalized spacial score (nSPS) is 30.6. The summed E-state index contributed by atoms with van der Waals surface area (Å²) < 4.78 is 5.53. The van der Waals surface area contributed by atoms with Crippen LogP contribution in [0, 0.1) is 17.8 Å². The zero-order valence-corrected chi connectivity index (χ0v) is 17.7. The molecule has 0 radical (unpaired) electrons. The van der Waals surface area contributed by atoms with Gasteiger partial charge in [0.15, 0.2) is 6.61 Å². The maximum Gasteiger partial charge on any atom is 0.265 e. The maximum atomic E-state index is 13.1. The summed E-state index contributed by atoms with van der Waals surface area (Å²) in [6, 6.07) is 15.3. The average Bonchev–Trinajstić information content (AvgIpc) is 2.75. The van der Waals surface area contributed by atoms with Crippen LogP contribution in [0.25, 0.3) is 0 Å². The number of anilines is 1. The molecule has 0 spiro atoms. The number of nitrogens with zero attached hydrogens (tertiary/aromatic N) is 1. The summed E-state index contributed by atoms with van der Waals surface area (Å²) in [5, 5.41) is 3.44. The predicted octanol–water partition coefficient (Wildman–Crippen LogP) is 4.31. The lowest BCUT2D eigenvalue weighted by Gasteiger charge is -2.56. The number of ether oxygens (including phenoxy) is 1. The van der Waals surface area contributed by atoms with Crippen molar-refractivity contribution in [2.24, 2.45) is 17.8 Å². The number of rotatable bonds is 4. The Labute approximate surface area is 182 Å². The van der Waals surface area contributed by atoms with Gasteiger partial charge in [-0.2, -0.15) is 0 Å². The summed E-state index contributed by atoms with van der Waals surface area (Å²) in [6.45, 7) is 0.526. The van der Waals surface area contributed by atoms with Gasteiger partial charge in [0.2, 0.25) is 0 Å². The summed E-state index contributed by atoms with van der Waals surface area (Å²) >= 11 is 0. The number of para-hydroxylation sites is 2. The minimum atomic E-state index is -0.0534. The number of nitrogens with one attached hydrogen (secondary N) is 1. The molecule has 2 aromatic rings. The number of carbonyl (C=O) groups excluding carboxylic acids is 2. The molecule has 7 rings (SSSR count). The zero-order valence-electron chi connectivity index (χ0n) is 17.7. The van der Waals surface area contributed by atoms with Crippen LogP contribution in [0.5, 0.6) is 5.75 Å². The van der Waals surface area contributed by atoms with Crippen LogP contribution in [-0.2, 0) is 11.3 Å². The zero-order chi connectivity index (χ0) is 21.0. The second-order valence-corrected chi connectivity index (χ2v) is 10.1. The van der Waals surface area contributed by atoms with Gasteiger partial charge in [0.1, 0.15) is 5.75 Å². The highest BCUT2D eigenvalue weighted by Crippen LogP contribution is 2.55. The Morgan fingerprint density at radius 3 is 2.29 bits per heavy atom. The third kappa shape index (κ3) is 3.40. The fourth-order valence-electron chi connectivity index (χ4n) is 6.85. The van der Waals surface area contributed by atoms with E-state index in [-0.39, 0.29) is 24.0 Å². The van der Waals surface area contributed by atoms with E-state index < -0.39 is 0 Å². The molecule has 1 aliphatic heterocycles. The van der Waals surface area contributed by atoms with Gasteiger partial charge < -0.3 is 15.0 Å². The Morgan fingerprint density at radius 1 is 0.968 bits per heavy atom. The Bertz CT molecular complexity index is 994. The van der Waals surface area contributed by atoms with Crippen LogP contribution in [0.3, 0.4) is 0 Å². The Hall–Kier alpha value is -2.82. The lowest BCUT2D eigenvalue weighted by Crippen LogP contribution is -2.59. The molecule has 2 aromatic carbocycles. The van der Waals surface area contributed by atoms with Crippen molar-refractivity contribution in [3.8, 4) is 5.75 Å². The summed E-state index contributed by atoms with van der Waals surface area (Å²) in [6.07, 6.45) is 7.57. The lowest BCUT2D eigenvalue weighted by molar-refractivity contribution is -0.121. The van der Waals surface area contributed by atoms with Crippen LogP contribution in [0.2, 0.25) is 0 Å². The van der Waals surface area contributed by atoms with Gasteiger partial charge in [0.05, 0.1) is 12.2 Å². The molecule has 0 saturated heterocycles. The van der Waals surface area contributed by atoms with Crippen molar-refractivity contribution in [1.82, 2.24) is 5.32 Å². The highest BCUT2D eigenvalue weighted by Gasteiger charge is 2.51. The van der Waals surface area contributed by atoms with Gasteiger partial charge in [-0.15, -0.1) is 0 Å². The van der Waals surface area contributed by atoms with Crippen LogP contribution < -0.4 is 15.0 Å². The highest BCUT2D eigenvalue weighted by molar-refractivity contribution is 5.98. The smallest absolute Gasteiger partial charge is 0.265 e. The Morgan fingerprint density at radius 2 is 1.61 bits per heavy atom. The molecular formula is C26H28N2O3. The molecule has 31 heavy (non-hydrogen) atoms. The number of hydrogen-bond acceptors (Lipinski definition) is 3. The van der Waals surface area contributed by atoms with Gasteiger partial charge in [-0.1, -0.05) is 24.3 Å². The first-order valence-electron chi connectivity index (χ1n) is 11.5. The van der Waals surface area contributed by atoms with E-state index in [2.05, 4.69) is 5.32 Å². The van der Waals surface area contributed by atoms with E-state index in [1.54, 1.807) is 4.90 Å².